The quantitative estimate of drug-likeness (QED) is 0.759. The van der Waals surface area contributed by atoms with Crippen LogP contribution in [0.15, 0.2) is 18.2 Å². The molecule has 1 aromatic rings. The van der Waals surface area contributed by atoms with Crippen LogP contribution in [0.5, 0.6) is 0 Å². The summed E-state index contributed by atoms with van der Waals surface area (Å²) in [7, 11) is 3.86. The summed E-state index contributed by atoms with van der Waals surface area (Å²) in [6.45, 7) is 2.75. The largest absolute Gasteiger partial charge is 0.383 e. The summed E-state index contributed by atoms with van der Waals surface area (Å²) in [4.78, 5) is 2.30. The third-order valence-electron chi connectivity index (χ3n) is 2.84. The molecule has 0 unspecified atom stereocenters. The van der Waals surface area contributed by atoms with E-state index in [1.807, 2.05) is 0 Å². The van der Waals surface area contributed by atoms with E-state index in [0.717, 1.165) is 26.1 Å². The molecule has 0 atom stereocenters. The van der Waals surface area contributed by atoms with Crippen molar-refractivity contribution in [1.29, 1.82) is 0 Å². The number of likely N-dealkylation sites (N-methyl/N-ethyl adjacent to an activating group) is 1. The molecule has 1 heterocycles. The highest BCUT2D eigenvalue weighted by atomic mass is 16.5. The number of ether oxygens (including phenoxy) is 1. The molecule has 1 aliphatic rings. The molecule has 0 aliphatic carbocycles. The van der Waals surface area contributed by atoms with Crippen LogP contribution < -0.4 is 10.2 Å². The summed E-state index contributed by atoms with van der Waals surface area (Å²) >= 11 is 0. The predicted molar refractivity (Wildman–Crippen MR) is 63.8 cm³/mol. The van der Waals surface area contributed by atoms with Gasteiger partial charge in [-0.3, -0.25) is 0 Å². The first-order valence-electron chi connectivity index (χ1n) is 5.38. The van der Waals surface area contributed by atoms with Crippen LogP contribution in [0.2, 0.25) is 0 Å². The summed E-state index contributed by atoms with van der Waals surface area (Å²) in [6.07, 6.45) is 1.16. The fourth-order valence-electron chi connectivity index (χ4n) is 1.97. The van der Waals surface area contributed by atoms with Gasteiger partial charge < -0.3 is 15.0 Å². The second-order valence-corrected chi connectivity index (χ2v) is 3.93. The number of rotatable bonds is 4. The molecule has 3 nitrogen and oxygen atoms in total. The van der Waals surface area contributed by atoms with E-state index in [9.17, 15) is 0 Å². The maximum absolute atomic E-state index is 5.00. The molecule has 0 radical (unpaired) electrons. The lowest BCUT2D eigenvalue weighted by Crippen LogP contribution is -2.12. The van der Waals surface area contributed by atoms with Crippen molar-refractivity contribution in [3.8, 4) is 0 Å². The SMILES string of the molecule is COCCNc1ccc2c(c1)CCN2C. The van der Waals surface area contributed by atoms with Gasteiger partial charge in [-0.2, -0.15) is 0 Å². The van der Waals surface area contributed by atoms with Crippen LogP contribution in [0.25, 0.3) is 0 Å². The molecule has 0 bridgehead atoms. The van der Waals surface area contributed by atoms with E-state index >= 15 is 0 Å². The van der Waals surface area contributed by atoms with Crippen molar-refractivity contribution < 1.29 is 4.74 Å². The van der Waals surface area contributed by atoms with E-state index < -0.39 is 0 Å². The highest BCUT2D eigenvalue weighted by Crippen LogP contribution is 2.28. The zero-order valence-electron chi connectivity index (χ0n) is 9.42. The number of fused-ring (bicyclic) bond motifs is 1. The summed E-state index contributed by atoms with van der Waals surface area (Å²) in [5.74, 6) is 0. The molecule has 0 saturated carbocycles. The Kier molecular flexibility index (Phi) is 3.11. The van der Waals surface area contributed by atoms with Gasteiger partial charge >= 0.3 is 0 Å². The number of nitrogens with zero attached hydrogens (tertiary/aromatic N) is 1. The minimum Gasteiger partial charge on any atom is -0.383 e. The number of nitrogens with one attached hydrogen (secondary N) is 1. The van der Waals surface area contributed by atoms with Crippen LogP contribution in [-0.4, -0.2) is 33.9 Å². The molecule has 1 aliphatic heterocycles. The normalized spacial score (nSPS) is 14.1. The molecule has 2 rings (SSSR count). The highest BCUT2D eigenvalue weighted by Gasteiger charge is 2.15. The van der Waals surface area contributed by atoms with Crippen molar-refractivity contribution in [3.63, 3.8) is 0 Å². The second-order valence-electron chi connectivity index (χ2n) is 3.93. The van der Waals surface area contributed by atoms with Crippen molar-refractivity contribution in [2.45, 2.75) is 6.42 Å². The Hall–Kier alpha value is -1.22. The second kappa shape index (κ2) is 4.53. The van der Waals surface area contributed by atoms with Crippen molar-refractivity contribution in [2.24, 2.45) is 0 Å². The van der Waals surface area contributed by atoms with E-state index in [4.69, 9.17) is 4.74 Å². The first kappa shape index (κ1) is 10.3. The van der Waals surface area contributed by atoms with Gasteiger partial charge in [0.15, 0.2) is 0 Å². The van der Waals surface area contributed by atoms with Gasteiger partial charge in [-0.25, -0.2) is 0 Å². The van der Waals surface area contributed by atoms with Crippen LogP contribution in [0.4, 0.5) is 11.4 Å². The highest BCUT2D eigenvalue weighted by molar-refractivity contribution is 5.63. The number of methoxy groups -OCH3 is 1. The number of hydrogen-bond acceptors (Lipinski definition) is 3. The summed E-state index contributed by atoms with van der Waals surface area (Å²) in [5, 5.41) is 3.35. The lowest BCUT2D eigenvalue weighted by Gasteiger charge is -2.12. The predicted octanol–water partition coefficient (Wildman–Crippen LogP) is 1.74. The van der Waals surface area contributed by atoms with Crippen molar-refractivity contribution >= 4 is 11.4 Å². The molecule has 82 valence electrons. The molecule has 0 aromatic heterocycles. The zero-order valence-corrected chi connectivity index (χ0v) is 9.42. The standard InChI is InChI=1S/C12H18N2O/c1-14-7-5-10-9-11(3-4-12(10)14)13-6-8-15-2/h3-4,9,13H,5-8H2,1-2H3. The zero-order chi connectivity index (χ0) is 10.7. The van der Waals surface area contributed by atoms with Crippen LogP contribution >= 0.6 is 0 Å². The number of anilines is 2. The van der Waals surface area contributed by atoms with E-state index in [2.05, 4.69) is 35.5 Å². The first-order valence-corrected chi connectivity index (χ1v) is 5.38. The summed E-state index contributed by atoms with van der Waals surface area (Å²) < 4.78 is 5.00. The smallest absolute Gasteiger partial charge is 0.0635 e. The van der Waals surface area contributed by atoms with Crippen LogP contribution in [-0.2, 0) is 11.2 Å². The Morgan fingerprint density at radius 2 is 2.33 bits per heavy atom. The molecule has 0 fully saturated rings. The maximum Gasteiger partial charge on any atom is 0.0635 e. The lowest BCUT2D eigenvalue weighted by atomic mass is 10.1. The Balaban J connectivity index is 2.03. The average molecular weight is 206 g/mol. The Labute approximate surface area is 91.0 Å². The Bertz CT molecular complexity index is 338. The minimum absolute atomic E-state index is 0.747. The average Bonchev–Trinajstić information content (AvgIpc) is 2.61. The molecular formula is C12H18N2O. The monoisotopic (exact) mass is 206 g/mol. The van der Waals surface area contributed by atoms with Crippen LogP contribution in [0.3, 0.4) is 0 Å². The van der Waals surface area contributed by atoms with E-state index in [1.54, 1.807) is 7.11 Å². The van der Waals surface area contributed by atoms with Gasteiger partial charge in [-0.05, 0) is 30.2 Å². The van der Waals surface area contributed by atoms with Gasteiger partial charge in [0, 0.05) is 38.6 Å². The third-order valence-corrected chi connectivity index (χ3v) is 2.84. The minimum atomic E-state index is 0.747. The van der Waals surface area contributed by atoms with Gasteiger partial charge in [0.25, 0.3) is 0 Å². The molecule has 15 heavy (non-hydrogen) atoms. The summed E-state index contributed by atoms with van der Waals surface area (Å²) in [5.41, 5.74) is 4.01. The van der Waals surface area contributed by atoms with Crippen molar-refractivity contribution in [1.82, 2.24) is 0 Å². The van der Waals surface area contributed by atoms with Crippen molar-refractivity contribution in [3.05, 3.63) is 23.8 Å². The van der Waals surface area contributed by atoms with Gasteiger partial charge in [0.2, 0.25) is 0 Å². The fraction of sp³-hybridized carbons (Fsp3) is 0.500. The van der Waals surface area contributed by atoms with Crippen LogP contribution in [0, 0.1) is 0 Å². The fourth-order valence-corrected chi connectivity index (χ4v) is 1.97. The molecule has 0 saturated heterocycles. The molecule has 1 N–H and O–H groups in total. The van der Waals surface area contributed by atoms with Crippen LogP contribution in [0.1, 0.15) is 5.56 Å². The third kappa shape index (κ3) is 2.23. The van der Waals surface area contributed by atoms with E-state index in [-0.39, 0.29) is 0 Å². The molecule has 0 spiro atoms. The Morgan fingerprint density at radius 1 is 1.47 bits per heavy atom. The van der Waals surface area contributed by atoms with Crippen molar-refractivity contribution in [2.75, 3.05) is 44.1 Å². The Morgan fingerprint density at radius 3 is 3.13 bits per heavy atom. The molecule has 3 heteroatoms. The van der Waals surface area contributed by atoms with Gasteiger partial charge in [0.1, 0.15) is 0 Å². The number of benzene rings is 1. The van der Waals surface area contributed by atoms with Gasteiger partial charge in [-0.1, -0.05) is 0 Å². The van der Waals surface area contributed by atoms with Gasteiger partial charge in [-0.15, -0.1) is 0 Å². The maximum atomic E-state index is 5.00. The molecule has 0 amide bonds. The lowest BCUT2D eigenvalue weighted by molar-refractivity contribution is 0.211. The number of hydrogen-bond donors (Lipinski definition) is 1. The molecule has 1 aromatic carbocycles. The molecular weight excluding hydrogens is 188 g/mol. The van der Waals surface area contributed by atoms with Gasteiger partial charge in [0.05, 0.1) is 6.61 Å². The van der Waals surface area contributed by atoms with E-state index in [1.165, 1.54) is 16.9 Å². The first-order chi connectivity index (χ1) is 7.31. The summed E-state index contributed by atoms with van der Waals surface area (Å²) in [6, 6.07) is 6.57. The van der Waals surface area contributed by atoms with E-state index in [0.29, 0.717) is 0 Å². The topological polar surface area (TPSA) is 24.5 Å².